The van der Waals surface area contributed by atoms with Gasteiger partial charge in [-0.1, -0.05) is 18.2 Å². The number of rotatable bonds is 3. The molecule has 1 aliphatic carbocycles. The lowest BCUT2D eigenvalue weighted by atomic mass is 9.85. The van der Waals surface area contributed by atoms with E-state index < -0.39 is 29.9 Å². The van der Waals surface area contributed by atoms with Crippen molar-refractivity contribution in [3.05, 3.63) is 41.2 Å². The van der Waals surface area contributed by atoms with Crippen LogP contribution in [0.1, 0.15) is 54.6 Å². The highest BCUT2D eigenvalue weighted by Gasteiger charge is 2.48. The molecule has 3 heterocycles. The summed E-state index contributed by atoms with van der Waals surface area (Å²) in [4.78, 5) is 4.34. The predicted octanol–water partition coefficient (Wildman–Crippen LogP) is 4.74. The molecule has 5 rings (SSSR count). The Hall–Kier alpha value is -2.30. The van der Waals surface area contributed by atoms with Crippen LogP contribution in [0, 0.1) is 11.8 Å². The van der Waals surface area contributed by atoms with Gasteiger partial charge in [-0.25, -0.2) is 4.68 Å². The Bertz CT molecular complexity index is 968. The molecule has 0 amide bonds. The Morgan fingerprint density at radius 2 is 1.62 bits per heavy atom. The maximum atomic E-state index is 13.7. The van der Waals surface area contributed by atoms with Gasteiger partial charge in [0, 0.05) is 12.0 Å². The van der Waals surface area contributed by atoms with Crippen LogP contribution in [-0.4, -0.2) is 40.1 Å². The van der Waals surface area contributed by atoms with Crippen LogP contribution in [0.4, 0.5) is 32.3 Å². The lowest BCUT2D eigenvalue weighted by Crippen LogP contribution is -2.45. The van der Waals surface area contributed by atoms with Crippen molar-refractivity contribution < 1.29 is 26.3 Å². The molecule has 2 aromatic rings. The minimum Gasteiger partial charge on any atom is -0.350 e. The standard InChI is InChI=1S/C21H23F6N5/c22-20(23,24)15-4-2-1-3-13(15)14-7-8-16(21(25,26)27)32-18(14)30-19(31-32)29-17-11-5-6-12(17)10-28-9-11/h1-4,11-12,14,16-17,28H,5-10H2,(H,29,31)/t11-,12+,14?,16?,17-. The van der Waals surface area contributed by atoms with Gasteiger partial charge in [0.2, 0.25) is 5.95 Å². The second kappa shape index (κ2) is 7.64. The molecule has 2 unspecified atom stereocenters. The summed E-state index contributed by atoms with van der Waals surface area (Å²) in [5.41, 5.74) is -0.918. The third kappa shape index (κ3) is 3.74. The summed E-state index contributed by atoms with van der Waals surface area (Å²) in [7, 11) is 0. The van der Waals surface area contributed by atoms with Crippen molar-refractivity contribution in [2.45, 2.75) is 56.0 Å². The number of hydrogen-bond acceptors (Lipinski definition) is 4. The molecule has 2 fully saturated rings. The van der Waals surface area contributed by atoms with Crippen LogP contribution >= 0.6 is 0 Å². The molecular formula is C21H23F6N5. The molecule has 2 aliphatic heterocycles. The fraction of sp³-hybridized carbons (Fsp3) is 0.619. The predicted molar refractivity (Wildman–Crippen MR) is 104 cm³/mol. The van der Waals surface area contributed by atoms with Crippen molar-refractivity contribution in [1.82, 2.24) is 20.1 Å². The summed E-state index contributed by atoms with van der Waals surface area (Å²) >= 11 is 0. The van der Waals surface area contributed by atoms with Crippen LogP contribution in [0.15, 0.2) is 24.3 Å². The lowest BCUT2D eigenvalue weighted by molar-refractivity contribution is -0.175. The molecule has 2 bridgehead atoms. The molecule has 1 saturated heterocycles. The number of benzene rings is 1. The van der Waals surface area contributed by atoms with Crippen molar-refractivity contribution in [3.63, 3.8) is 0 Å². The van der Waals surface area contributed by atoms with Crippen LogP contribution in [0.25, 0.3) is 0 Å². The molecule has 1 aromatic carbocycles. The van der Waals surface area contributed by atoms with E-state index in [9.17, 15) is 26.3 Å². The molecular weight excluding hydrogens is 436 g/mol. The van der Waals surface area contributed by atoms with Crippen molar-refractivity contribution in [2.75, 3.05) is 18.4 Å². The van der Waals surface area contributed by atoms with E-state index in [0.717, 1.165) is 36.7 Å². The SMILES string of the molecule is FC(F)(F)c1ccccc1C1CCC(C(F)(F)F)n2nc(N[C@@H]3[C@@H]4CC[C@H]3CNC4)nc21. The maximum Gasteiger partial charge on any atom is 0.416 e. The molecule has 174 valence electrons. The zero-order chi connectivity index (χ0) is 22.7. The largest absolute Gasteiger partial charge is 0.416 e. The molecule has 0 spiro atoms. The molecule has 0 radical (unpaired) electrons. The minimum atomic E-state index is -4.61. The van der Waals surface area contributed by atoms with E-state index in [4.69, 9.17) is 0 Å². The number of halogens is 6. The molecule has 3 aliphatic rings. The highest BCUT2D eigenvalue weighted by molar-refractivity contribution is 5.39. The highest BCUT2D eigenvalue weighted by atomic mass is 19.4. The van der Waals surface area contributed by atoms with Crippen molar-refractivity contribution in [2.24, 2.45) is 11.8 Å². The number of fused-ring (bicyclic) bond motifs is 3. The first-order chi connectivity index (χ1) is 15.1. The fourth-order valence-electron chi connectivity index (χ4n) is 5.56. The number of alkyl halides is 6. The van der Waals surface area contributed by atoms with Crippen molar-refractivity contribution >= 4 is 5.95 Å². The number of hydrogen-bond donors (Lipinski definition) is 2. The number of anilines is 1. The first-order valence-corrected chi connectivity index (χ1v) is 10.8. The first-order valence-electron chi connectivity index (χ1n) is 10.8. The molecule has 2 N–H and O–H groups in total. The first kappa shape index (κ1) is 21.5. The lowest BCUT2D eigenvalue weighted by Gasteiger charge is -2.31. The van der Waals surface area contributed by atoms with Gasteiger partial charge in [0.15, 0.2) is 0 Å². The minimum absolute atomic E-state index is 0.0472. The molecule has 1 aromatic heterocycles. The highest BCUT2D eigenvalue weighted by Crippen LogP contribution is 2.47. The summed E-state index contributed by atoms with van der Waals surface area (Å²) in [6.45, 7) is 1.63. The van der Waals surface area contributed by atoms with E-state index >= 15 is 0 Å². The van der Waals surface area contributed by atoms with E-state index in [1.807, 2.05) is 0 Å². The van der Waals surface area contributed by atoms with Gasteiger partial charge < -0.3 is 10.6 Å². The second-order valence-corrected chi connectivity index (χ2v) is 8.94. The molecule has 32 heavy (non-hydrogen) atoms. The van der Waals surface area contributed by atoms with Crippen LogP contribution in [0.5, 0.6) is 0 Å². The Morgan fingerprint density at radius 1 is 0.938 bits per heavy atom. The van der Waals surface area contributed by atoms with Gasteiger partial charge in [-0.2, -0.15) is 31.3 Å². The number of nitrogens with zero attached hydrogens (tertiary/aromatic N) is 3. The third-order valence-corrected chi connectivity index (χ3v) is 7.05. The Kier molecular flexibility index (Phi) is 5.14. The zero-order valence-corrected chi connectivity index (χ0v) is 17.0. The van der Waals surface area contributed by atoms with E-state index in [1.165, 1.54) is 18.2 Å². The number of aromatic nitrogens is 3. The van der Waals surface area contributed by atoms with Gasteiger partial charge in [-0.3, -0.25) is 0 Å². The Balaban J connectivity index is 1.54. The smallest absolute Gasteiger partial charge is 0.350 e. The average molecular weight is 459 g/mol. The number of nitrogens with one attached hydrogen (secondary N) is 2. The van der Waals surface area contributed by atoms with Crippen LogP contribution in [-0.2, 0) is 6.18 Å². The zero-order valence-electron chi connectivity index (χ0n) is 17.0. The van der Waals surface area contributed by atoms with Crippen molar-refractivity contribution in [1.29, 1.82) is 0 Å². The summed E-state index contributed by atoms with van der Waals surface area (Å²) in [6.07, 6.45) is -7.60. The van der Waals surface area contributed by atoms with E-state index in [-0.39, 0.29) is 36.2 Å². The Labute approximate surface area is 180 Å². The second-order valence-electron chi connectivity index (χ2n) is 8.94. The van der Waals surface area contributed by atoms with Gasteiger partial charge in [-0.15, -0.1) is 5.10 Å². The van der Waals surface area contributed by atoms with Gasteiger partial charge >= 0.3 is 12.4 Å². The summed E-state index contributed by atoms with van der Waals surface area (Å²) < 4.78 is 82.8. The summed E-state index contributed by atoms with van der Waals surface area (Å²) in [5, 5.41) is 10.7. The molecule has 5 atom stereocenters. The van der Waals surface area contributed by atoms with Crippen LogP contribution < -0.4 is 10.6 Å². The van der Waals surface area contributed by atoms with Gasteiger partial charge in [0.1, 0.15) is 11.9 Å². The molecule has 1 saturated carbocycles. The summed E-state index contributed by atoms with van der Waals surface area (Å²) in [5.74, 6) is -0.267. The average Bonchev–Trinajstić information content (AvgIpc) is 3.22. The summed E-state index contributed by atoms with van der Waals surface area (Å²) in [6, 6.07) is 3.16. The van der Waals surface area contributed by atoms with Crippen LogP contribution in [0.2, 0.25) is 0 Å². The molecule has 5 nitrogen and oxygen atoms in total. The fourth-order valence-corrected chi connectivity index (χ4v) is 5.56. The maximum absolute atomic E-state index is 13.7. The van der Waals surface area contributed by atoms with Crippen LogP contribution in [0.3, 0.4) is 0 Å². The van der Waals surface area contributed by atoms with Gasteiger partial charge in [0.05, 0.1) is 5.56 Å². The van der Waals surface area contributed by atoms with Gasteiger partial charge in [-0.05, 0) is 62.2 Å². The molecule has 11 heteroatoms. The number of piperidine rings is 1. The Morgan fingerprint density at radius 3 is 2.28 bits per heavy atom. The topological polar surface area (TPSA) is 54.8 Å². The third-order valence-electron chi connectivity index (χ3n) is 7.05. The van der Waals surface area contributed by atoms with E-state index in [0.29, 0.717) is 11.8 Å². The van der Waals surface area contributed by atoms with E-state index in [1.54, 1.807) is 0 Å². The van der Waals surface area contributed by atoms with Crippen molar-refractivity contribution in [3.8, 4) is 0 Å². The quantitative estimate of drug-likeness (QED) is 0.652. The van der Waals surface area contributed by atoms with E-state index in [2.05, 4.69) is 20.7 Å². The normalized spacial score (nSPS) is 30.2. The monoisotopic (exact) mass is 459 g/mol. The van der Waals surface area contributed by atoms with Gasteiger partial charge in [0.25, 0.3) is 0 Å².